The van der Waals surface area contributed by atoms with Crippen LogP contribution in [-0.2, 0) is 25.8 Å². The molecule has 0 rings (SSSR count). The first-order valence-corrected chi connectivity index (χ1v) is 3.05. The first-order chi connectivity index (χ1) is 2.56. The van der Waals surface area contributed by atoms with Crippen LogP contribution in [0.3, 0.4) is 0 Å². The van der Waals surface area contributed by atoms with Crippen LogP contribution in [0.5, 0.6) is 0 Å². The molecule has 0 saturated heterocycles. The van der Waals surface area contributed by atoms with Gasteiger partial charge >= 0.3 is 62.3 Å². The van der Waals surface area contributed by atoms with Gasteiger partial charge in [-0.05, 0) is 0 Å². The van der Waals surface area contributed by atoms with Crippen molar-refractivity contribution in [3.63, 3.8) is 0 Å². The van der Waals surface area contributed by atoms with Crippen LogP contribution in [0.2, 0.25) is 0 Å². The number of phosphoric acid groups is 1. The van der Waals surface area contributed by atoms with Crippen LogP contribution in [0.25, 0.3) is 0 Å². The predicted octanol–water partition coefficient (Wildman–Crippen LogP) is -1.09. The molecule has 0 fully saturated rings. The van der Waals surface area contributed by atoms with E-state index in [4.69, 9.17) is 9.79 Å². The van der Waals surface area contributed by atoms with Gasteiger partial charge < -0.3 is 0 Å². The van der Waals surface area contributed by atoms with E-state index in [-0.39, 0.29) is 18.9 Å². The van der Waals surface area contributed by atoms with Crippen molar-refractivity contribution >= 4 is 26.7 Å². The molecule has 0 aromatic rings. The average molecular weight is 156 g/mol. The molecule has 0 bridgehead atoms. The second kappa shape index (κ2) is 4.20. The third kappa shape index (κ3) is 11.1. The van der Waals surface area contributed by atoms with Crippen molar-refractivity contribution in [3.05, 3.63) is 0 Å². The van der Waals surface area contributed by atoms with Gasteiger partial charge in [0.25, 0.3) is 0 Å². The summed E-state index contributed by atoms with van der Waals surface area (Å²) < 4.78 is 13.0. The zero-order valence-corrected chi connectivity index (χ0v) is 4.90. The first kappa shape index (κ1) is 11.1. The fourth-order valence-corrected chi connectivity index (χ4v) is 0. The van der Waals surface area contributed by atoms with Crippen LogP contribution in [0.1, 0.15) is 0 Å². The third-order valence-electron chi connectivity index (χ3n) is 0.106. The molecule has 0 aromatic heterocycles. The van der Waals surface area contributed by atoms with Gasteiger partial charge in [-0.25, -0.2) is 0 Å². The molecule has 0 aliphatic carbocycles. The van der Waals surface area contributed by atoms with Gasteiger partial charge in [0.05, 0.1) is 0 Å². The molecule has 0 heterocycles. The Bertz CT molecular complexity index is 75.8. The van der Waals surface area contributed by atoms with Crippen LogP contribution in [0, 0.1) is 0 Å². The van der Waals surface area contributed by atoms with Crippen LogP contribution < -0.4 is 0 Å². The molecule has 0 atom stereocenters. The van der Waals surface area contributed by atoms with Gasteiger partial charge in [0.1, 0.15) is 0 Å². The fourth-order valence-electron chi connectivity index (χ4n) is 0. The average Bonchev–Trinajstić information content (AvgIpc) is 1.35. The molecule has 0 saturated carbocycles. The van der Waals surface area contributed by atoms with Gasteiger partial charge in [-0.3, -0.25) is 0 Å². The van der Waals surface area contributed by atoms with Crippen molar-refractivity contribution in [2.24, 2.45) is 0 Å². The quantitative estimate of drug-likeness (QED) is 0.373. The number of hydrogen-bond acceptors (Lipinski definition) is 2. The van der Waals surface area contributed by atoms with E-state index in [1.54, 1.807) is 0 Å². The van der Waals surface area contributed by atoms with Crippen LogP contribution in [0.4, 0.5) is 0 Å². The third-order valence-corrected chi connectivity index (χ3v) is 1.32. The summed E-state index contributed by atoms with van der Waals surface area (Å²) in [5, 5.41) is 0. The Labute approximate surface area is 62.4 Å². The Morgan fingerprint density at radius 3 is 1.71 bits per heavy atom. The van der Waals surface area contributed by atoms with Crippen molar-refractivity contribution in [2.45, 2.75) is 0 Å². The summed E-state index contributed by atoms with van der Waals surface area (Å²) in [7, 11) is -4.17. The second-order valence-electron chi connectivity index (χ2n) is 0.572. The van der Waals surface area contributed by atoms with E-state index in [1.165, 1.54) is 17.8 Å². The zero-order valence-electron chi connectivity index (χ0n) is 2.61. The molecule has 7 heteroatoms. The van der Waals surface area contributed by atoms with Crippen molar-refractivity contribution in [1.29, 1.82) is 0 Å². The Hall–Kier alpha value is 1.29. The Kier molecular flexibility index (Phi) is 6.68. The van der Waals surface area contributed by atoms with Crippen LogP contribution in [-0.4, -0.2) is 28.6 Å². The fraction of sp³-hybridized carbons (Fsp3) is 0. The normalized spacial score (nSPS) is 10.0. The molecule has 0 aliphatic rings. The van der Waals surface area contributed by atoms with E-state index in [0.29, 0.717) is 0 Å². The summed E-state index contributed by atoms with van der Waals surface area (Å²) in [6.45, 7) is 0. The summed E-state index contributed by atoms with van der Waals surface area (Å²) in [6.07, 6.45) is 0. The Morgan fingerprint density at radius 2 is 1.71 bits per heavy atom. The van der Waals surface area contributed by atoms with Gasteiger partial charge in [0.15, 0.2) is 0 Å². The summed E-state index contributed by atoms with van der Waals surface area (Å²) in [5.41, 5.74) is 0. The molecule has 0 amide bonds. The molecule has 7 heavy (non-hydrogen) atoms. The summed E-state index contributed by atoms with van der Waals surface area (Å²) in [6, 6.07) is 0. The van der Waals surface area contributed by atoms with Crippen molar-refractivity contribution < 1.29 is 35.6 Å². The molecule has 2 N–H and O–H groups in total. The molecule has 0 unspecified atom stereocenters. The van der Waals surface area contributed by atoms with E-state index < -0.39 is 7.82 Å². The summed E-state index contributed by atoms with van der Waals surface area (Å²) in [5.74, 6) is 0. The van der Waals surface area contributed by atoms with Crippen molar-refractivity contribution in [1.82, 2.24) is 0 Å². The number of rotatable bonds is 1. The van der Waals surface area contributed by atoms with E-state index in [0.717, 1.165) is 0 Å². The number of hydrogen-bond donors (Lipinski definition) is 2. The Balaban J connectivity index is 0. The van der Waals surface area contributed by atoms with Gasteiger partial charge in [-0.2, -0.15) is 0 Å². The van der Waals surface area contributed by atoms with E-state index in [9.17, 15) is 4.57 Å². The molecule has 0 radical (unpaired) electrons. The monoisotopic (exact) mass is 156 g/mol. The molecule has 4 nitrogen and oxygen atoms in total. The minimum absolute atomic E-state index is 0. The standard InChI is InChI=1S/Li.H3O4P.V.H/c;1-5(2,3)4;;/h;(H3,1,2,3,4);;/q;;+1;/p-1. The first-order valence-electron chi connectivity index (χ1n) is 0.948. The predicted molar refractivity (Wildman–Crippen MR) is 20.3 cm³/mol. The molecule has 0 spiro atoms. The van der Waals surface area contributed by atoms with Gasteiger partial charge in [0.2, 0.25) is 0 Å². The molecule has 0 aromatic carbocycles. The minimum atomic E-state index is -4.17. The summed E-state index contributed by atoms with van der Waals surface area (Å²) >= 11 is 1.33. The maximum absolute atomic E-state index is 9.46. The zero-order chi connectivity index (χ0) is 5.21. The van der Waals surface area contributed by atoms with Crippen LogP contribution in [0.15, 0.2) is 0 Å². The van der Waals surface area contributed by atoms with E-state index >= 15 is 0 Å². The molecular formula is H3LiO4PV. The van der Waals surface area contributed by atoms with Gasteiger partial charge in [-0.1, -0.05) is 0 Å². The molecular weight excluding hydrogens is 153 g/mol. The van der Waals surface area contributed by atoms with E-state index in [1.807, 2.05) is 0 Å². The second-order valence-corrected chi connectivity index (χ2v) is 2.48. The SMILES string of the molecule is O=P(O)(O)[O][V].[LiH]. The van der Waals surface area contributed by atoms with Gasteiger partial charge in [-0.15, -0.1) is 0 Å². The molecule has 0 aliphatic heterocycles. The van der Waals surface area contributed by atoms with Crippen molar-refractivity contribution in [2.75, 3.05) is 0 Å². The van der Waals surface area contributed by atoms with Crippen LogP contribution >= 0.6 is 7.82 Å². The van der Waals surface area contributed by atoms with E-state index in [2.05, 4.69) is 3.45 Å². The summed E-state index contributed by atoms with van der Waals surface area (Å²) in [4.78, 5) is 15.4. The Morgan fingerprint density at radius 1 is 1.57 bits per heavy atom. The topological polar surface area (TPSA) is 66.8 Å². The maximum atomic E-state index is 9.46. The van der Waals surface area contributed by atoms with Gasteiger partial charge in [0, 0.05) is 0 Å². The molecule has 38 valence electrons. The van der Waals surface area contributed by atoms with Crippen molar-refractivity contribution in [3.8, 4) is 0 Å².